The minimum absolute atomic E-state index is 0.0500. The summed E-state index contributed by atoms with van der Waals surface area (Å²) in [5.74, 6) is -0.232. The second kappa shape index (κ2) is 13.3. The number of allylic oxidation sites excluding steroid dienone is 3. The van der Waals surface area contributed by atoms with E-state index in [4.69, 9.17) is 5.73 Å². The SMILES string of the molecule is CC1CC=C(N)CC1C(=O)N[C@@H](C[I-]c1ccc2c(c1)CCC=C2)[C@H](O)Cc1ccccc1C(=O)NC(C)(C)C. The van der Waals surface area contributed by atoms with E-state index in [1.807, 2.05) is 45.0 Å². The van der Waals surface area contributed by atoms with Crippen LogP contribution in [0.4, 0.5) is 0 Å². The molecule has 0 aliphatic heterocycles. The quantitative estimate of drug-likeness (QED) is 0.242. The Morgan fingerprint density at radius 3 is 2.73 bits per heavy atom. The number of hydrogen-bond acceptors (Lipinski definition) is 4. The summed E-state index contributed by atoms with van der Waals surface area (Å²) in [7, 11) is 0. The third kappa shape index (κ3) is 8.19. The monoisotopic (exact) mass is 656 g/mol. The number of nitrogens with two attached hydrogens (primary N) is 1. The number of carbonyl (C=O) groups excluding carboxylic acids is 2. The molecule has 7 heteroatoms. The molecule has 216 valence electrons. The first-order valence-corrected chi connectivity index (χ1v) is 16.8. The van der Waals surface area contributed by atoms with Crippen molar-refractivity contribution in [2.75, 3.05) is 4.43 Å². The molecule has 4 atom stereocenters. The summed E-state index contributed by atoms with van der Waals surface area (Å²) in [5.41, 5.74) is 10.5. The first-order valence-electron chi connectivity index (χ1n) is 14.2. The zero-order valence-corrected chi connectivity index (χ0v) is 26.2. The summed E-state index contributed by atoms with van der Waals surface area (Å²) in [6.07, 6.45) is 9.29. The molecule has 0 saturated carbocycles. The average molecular weight is 657 g/mol. The van der Waals surface area contributed by atoms with Crippen molar-refractivity contribution >= 4 is 17.9 Å². The molecule has 40 heavy (non-hydrogen) atoms. The van der Waals surface area contributed by atoms with Crippen molar-refractivity contribution in [2.45, 2.75) is 77.5 Å². The van der Waals surface area contributed by atoms with Crippen LogP contribution < -0.4 is 37.6 Å². The van der Waals surface area contributed by atoms with Gasteiger partial charge in [-0.2, -0.15) is 0 Å². The fourth-order valence-electron chi connectivity index (χ4n) is 5.27. The van der Waals surface area contributed by atoms with Crippen molar-refractivity contribution in [2.24, 2.45) is 17.6 Å². The van der Waals surface area contributed by atoms with Crippen LogP contribution >= 0.6 is 0 Å². The third-order valence-electron chi connectivity index (χ3n) is 7.58. The normalized spacial score (nSPS) is 20.3. The van der Waals surface area contributed by atoms with Crippen LogP contribution in [-0.4, -0.2) is 39.0 Å². The number of halogens is 1. The van der Waals surface area contributed by atoms with Crippen LogP contribution in [0.15, 0.2) is 60.3 Å². The van der Waals surface area contributed by atoms with E-state index >= 15 is 0 Å². The van der Waals surface area contributed by atoms with Gasteiger partial charge in [-0.05, 0) is 0 Å². The summed E-state index contributed by atoms with van der Waals surface area (Å²) in [6, 6.07) is 13.7. The van der Waals surface area contributed by atoms with E-state index < -0.39 is 33.4 Å². The molecule has 0 radical (unpaired) electrons. The van der Waals surface area contributed by atoms with E-state index in [1.54, 1.807) is 6.07 Å². The number of aliphatic hydroxyl groups excluding tert-OH is 1. The van der Waals surface area contributed by atoms with E-state index in [2.05, 4.69) is 47.9 Å². The van der Waals surface area contributed by atoms with Crippen LogP contribution in [0.1, 0.15) is 74.0 Å². The number of nitrogens with one attached hydrogen (secondary N) is 2. The van der Waals surface area contributed by atoms with Gasteiger partial charge in [0.15, 0.2) is 0 Å². The molecular formula is C33H43IN3O3-. The Morgan fingerprint density at radius 2 is 1.95 bits per heavy atom. The maximum atomic E-state index is 13.5. The third-order valence-corrected chi connectivity index (χ3v) is 10.5. The molecule has 5 N–H and O–H groups in total. The Morgan fingerprint density at radius 1 is 1.18 bits per heavy atom. The fourth-order valence-corrected chi connectivity index (χ4v) is 8.09. The molecular weight excluding hydrogens is 613 g/mol. The molecule has 2 amide bonds. The molecule has 4 rings (SSSR count). The molecule has 0 bridgehead atoms. The van der Waals surface area contributed by atoms with Gasteiger partial charge in [-0.15, -0.1) is 0 Å². The van der Waals surface area contributed by atoms with Gasteiger partial charge in [0.2, 0.25) is 0 Å². The van der Waals surface area contributed by atoms with Gasteiger partial charge in [-0.1, -0.05) is 0 Å². The van der Waals surface area contributed by atoms with E-state index in [-0.39, 0.29) is 35.6 Å². The summed E-state index contributed by atoms with van der Waals surface area (Å²) in [5, 5.41) is 17.8. The molecule has 0 saturated heterocycles. The topological polar surface area (TPSA) is 104 Å². The molecule has 2 aliphatic carbocycles. The molecule has 0 fully saturated rings. The Bertz CT molecular complexity index is 1280. The van der Waals surface area contributed by atoms with E-state index in [9.17, 15) is 14.7 Å². The predicted molar refractivity (Wildman–Crippen MR) is 157 cm³/mol. The molecule has 2 aromatic rings. The number of benzene rings is 2. The number of aryl methyl sites for hydroxylation is 1. The summed E-state index contributed by atoms with van der Waals surface area (Å²) < 4.78 is 2.01. The van der Waals surface area contributed by atoms with Gasteiger partial charge in [0, 0.05) is 0 Å². The summed E-state index contributed by atoms with van der Waals surface area (Å²) >= 11 is -0.465. The van der Waals surface area contributed by atoms with Gasteiger partial charge in [-0.3, -0.25) is 0 Å². The van der Waals surface area contributed by atoms with Crippen molar-refractivity contribution in [3.63, 3.8) is 0 Å². The van der Waals surface area contributed by atoms with Crippen molar-refractivity contribution < 1.29 is 35.9 Å². The van der Waals surface area contributed by atoms with Gasteiger partial charge in [0.1, 0.15) is 0 Å². The average Bonchev–Trinajstić information content (AvgIpc) is 2.91. The van der Waals surface area contributed by atoms with Crippen LogP contribution in [0.5, 0.6) is 0 Å². The number of rotatable bonds is 9. The fraction of sp³-hybridized carbons (Fsp3) is 0.455. The Kier molecular flexibility index (Phi) is 10.1. The van der Waals surface area contributed by atoms with Gasteiger partial charge < -0.3 is 0 Å². The van der Waals surface area contributed by atoms with Gasteiger partial charge in [0.05, 0.1) is 0 Å². The number of carbonyl (C=O) groups is 2. The summed E-state index contributed by atoms with van der Waals surface area (Å²) in [4.78, 5) is 26.5. The zero-order valence-electron chi connectivity index (χ0n) is 24.0. The second-order valence-corrected chi connectivity index (χ2v) is 15.0. The van der Waals surface area contributed by atoms with Crippen molar-refractivity contribution in [3.8, 4) is 0 Å². The van der Waals surface area contributed by atoms with Gasteiger partial charge >= 0.3 is 250 Å². The van der Waals surface area contributed by atoms with E-state index in [1.165, 1.54) is 14.7 Å². The number of amides is 2. The second-order valence-electron chi connectivity index (χ2n) is 12.1. The van der Waals surface area contributed by atoms with Gasteiger partial charge in [-0.25, -0.2) is 0 Å². The van der Waals surface area contributed by atoms with Crippen LogP contribution in [0.25, 0.3) is 6.08 Å². The number of alkyl halides is 1. The van der Waals surface area contributed by atoms with Crippen molar-refractivity contribution in [1.82, 2.24) is 10.6 Å². The molecule has 2 aliphatic rings. The standard InChI is InChI=1S/C33H43IN3O3/c1-21-13-16-26(35)19-28(21)31(39)36-29(20-34-25-15-14-22-9-5-6-10-23(22)17-25)30(38)18-24-11-7-8-12-27(24)32(40)37-33(2,3)4/h5,7-9,11-12,14-17,21,28-30,38H,6,10,13,18-20,35H2,1-4H3,(H,36,39)(H,37,40)/q-1/t21?,28?,29-,30+/m0/s1. The molecule has 0 heterocycles. The first kappa shape index (κ1) is 30.3. The maximum absolute atomic E-state index is 13.5. The minimum atomic E-state index is -0.834. The zero-order chi connectivity index (χ0) is 28.9. The van der Waals surface area contributed by atoms with Crippen LogP contribution in [0.3, 0.4) is 0 Å². The number of hydrogen-bond donors (Lipinski definition) is 4. The Labute approximate surface area is 249 Å². The Hall–Kier alpha value is -2.65. The number of fused-ring (bicyclic) bond motifs is 1. The van der Waals surface area contributed by atoms with Gasteiger partial charge in [0.25, 0.3) is 0 Å². The van der Waals surface area contributed by atoms with E-state index in [0.29, 0.717) is 16.4 Å². The first-order chi connectivity index (χ1) is 19.0. The predicted octanol–water partition coefficient (Wildman–Crippen LogP) is 1.41. The van der Waals surface area contributed by atoms with Crippen molar-refractivity contribution in [1.29, 1.82) is 0 Å². The Balaban J connectivity index is 1.53. The number of aliphatic hydroxyl groups is 1. The molecule has 0 spiro atoms. The van der Waals surface area contributed by atoms with Crippen LogP contribution in [0, 0.1) is 15.4 Å². The van der Waals surface area contributed by atoms with Crippen LogP contribution in [0.2, 0.25) is 0 Å². The molecule has 2 unspecified atom stereocenters. The molecule has 6 nitrogen and oxygen atoms in total. The van der Waals surface area contributed by atoms with E-state index in [0.717, 1.165) is 30.5 Å². The van der Waals surface area contributed by atoms with Crippen molar-refractivity contribution in [3.05, 3.63) is 86.1 Å². The summed E-state index contributed by atoms with van der Waals surface area (Å²) in [6.45, 7) is 7.92. The molecule has 2 aromatic carbocycles. The van der Waals surface area contributed by atoms with Crippen LogP contribution in [-0.2, 0) is 17.6 Å². The molecule has 0 aromatic heterocycles.